The van der Waals surface area contributed by atoms with Crippen molar-refractivity contribution in [3.63, 3.8) is 0 Å². The standard InChI is InChI=1S/C8H12O3/c1-3-7(5-6-9)8(10)11-4-2/h3-4,9H,2,5-6H2,1H3. The van der Waals surface area contributed by atoms with E-state index in [-0.39, 0.29) is 6.61 Å². The van der Waals surface area contributed by atoms with Crippen LogP contribution in [-0.4, -0.2) is 17.7 Å². The minimum Gasteiger partial charge on any atom is -0.432 e. The van der Waals surface area contributed by atoms with E-state index >= 15 is 0 Å². The van der Waals surface area contributed by atoms with Crippen LogP contribution in [0.5, 0.6) is 0 Å². The Labute approximate surface area is 66.0 Å². The summed E-state index contributed by atoms with van der Waals surface area (Å²) in [7, 11) is 0. The molecule has 0 saturated heterocycles. The number of carbonyl (C=O) groups excluding carboxylic acids is 1. The third-order valence-corrected chi connectivity index (χ3v) is 1.18. The fourth-order valence-corrected chi connectivity index (χ4v) is 0.636. The molecule has 0 aliphatic heterocycles. The van der Waals surface area contributed by atoms with Gasteiger partial charge in [0.1, 0.15) is 0 Å². The molecule has 62 valence electrons. The Morgan fingerprint density at radius 1 is 1.73 bits per heavy atom. The topological polar surface area (TPSA) is 46.5 Å². The van der Waals surface area contributed by atoms with Crippen LogP contribution in [0.1, 0.15) is 13.3 Å². The maximum Gasteiger partial charge on any atom is 0.338 e. The highest BCUT2D eigenvalue weighted by molar-refractivity contribution is 5.88. The van der Waals surface area contributed by atoms with Crippen molar-refractivity contribution in [2.75, 3.05) is 6.61 Å². The normalized spacial score (nSPS) is 10.9. The molecule has 3 nitrogen and oxygen atoms in total. The predicted octanol–water partition coefficient (Wildman–Crippen LogP) is 1.00. The average Bonchev–Trinajstić information content (AvgIpc) is 2.00. The summed E-state index contributed by atoms with van der Waals surface area (Å²) in [6.07, 6.45) is 3.01. The van der Waals surface area contributed by atoms with Gasteiger partial charge in [0.15, 0.2) is 0 Å². The number of rotatable bonds is 4. The lowest BCUT2D eigenvalue weighted by atomic mass is 10.2. The number of carbonyl (C=O) groups is 1. The molecule has 0 fully saturated rings. The summed E-state index contributed by atoms with van der Waals surface area (Å²) < 4.78 is 4.49. The summed E-state index contributed by atoms with van der Waals surface area (Å²) in [5, 5.41) is 8.51. The molecule has 0 saturated carbocycles. The summed E-state index contributed by atoms with van der Waals surface area (Å²) in [6, 6.07) is 0. The Hall–Kier alpha value is -1.09. The highest BCUT2D eigenvalue weighted by Gasteiger charge is 2.06. The van der Waals surface area contributed by atoms with Crippen molar-refractivity contribution in [1.82, 2.24) is 0 Å². The highest BCUT2D eigenvalue weighted by Crippen LogP contribution is 2.02. The van der Waals surface area contributed by atoms with Crippen LogP contribution in [0.25, 0.3) is 0 Å². The van der Waals surface area contributed by atoms with E-state index in [1.54, 1.807) is 13.0 Å². The first kappa shape index (κ1) is 9.91. The summed E-state index contributed by atoms with van der Waals surface area (Å²) in [6.45, 7) is 4.91. The van der Waals surface area contributed by atoms with Crippen LogP contribution in [0.2, 0.25) is 0 Å². The predicted molar refractivity (Wildman–Crippen MR) is 41.7 cm³/mol. The molecule has 0 aromatic heterocycles. The van der Waals surface area contributed by atoms with Crippen molar-refractivity contribution in [3.05, 3.63) is 24.5 Å². The van der Waals surface area contributed by atoms with Gasteiger partial charge in [-0.05, 0) is 6.92 Å². The summed E-state index contributed by atoms with van der Waals surface area (Å²) >= 11 is 0. The Morgan fingerprint density at radius 3 is 2.73 bits per heavy atom. The van der Waals surface area contributed by atoms with Crippen LogP contribution in [0.15, 0.2) is 24.5 Å². The molecule has 0 spiro atoms. The lowest BCUT2D eigenvalue weighted by molar-refractivity contribution is -0.133. The number of ether oxygens (including phenoxy) is 1. The third kappa shape index (κ3) is 3.57. The maximum absolute atomic E-state index is 10.9. The molecular weight excluding hydrogens is 144 g/mol. The molecule has 0 atom stereocenters. The van der Waals surface area contributed by atoms with Crippen LogP contribution in [0, 0.1) is 0 Å². The van der Waals surface area contributed by atoms with Crippen molar-refractivity contribution >= 4 is 5.97 Å². The van der Waals surface area contributed by atoms with Crippen molar-refractivity contribution in [2.24, 2.45) is 0 Å². The number of allylic oxidation sites excluding steroid dienone is 1. The van der Waals surface area contributed by atoms with E-state index < -0.39 is 5.97 Å². The lowest BCUT2D eigenvalue weighted by Gasteiger charge is -2.00. The molecule has 0 bridgehead atoms. The molecule has 0 amide bonds. The van der Waals surface area contributed by atoms with Gasteiger partial charge in [-0.1, -0.05) is 12.7 Å². The fourth-order valence-electron chi connectivity index (χ4n) is 0.636. The monoisotopic (exact) mass is 156 g/mol. The van der Waals surface area contributed by atoms with Gasteiger partial charge in [-0.15, -0.1) is 0 Å². The van der Waals surface area contributed by atoms with Gasteiger partial charge in [0.05, 0.1) is 6.26 Å². The summed E-state index contributed by atoms with van der Waals surface area (Å²) in [4.78, 5) is 10.9. The Bertz CT molecular complexity index is 170. The van der Waals surface area contributed by atoms with Gasteiger partial charge < -0.3 is 9.84 Å². The number of hydrogen-bond acceptors (Lipinski definition) is 3. The molecule has 0 heterocycles. The minimum absolute atomic E-state index is 0.0497. The van der Waals surface area contributed by atoms with Crippen molar-refractivity contribution in [3.8, 4) is 0 Å². The van der Waals surface area contributed by atoms with Crippen molar-refractivity contribution in [2.45, 2.75) is 13.3 Å². The van der Waals surface area contributed by atoms with E-state index in [1.165, 1.54) is 0 Å². The van der Waals surface area contributed by atoms with Crippen LogP contribution < -0.4 is 0 Å². The zero-order chi connectivity index (χ0) is 8.69. The van der Waals surface area contributed by atoms with Gasteiger partial charge in [0, 0.05) is 18.6 Å². The zero-order valence-electron chi connectivity index (χ0n) is 6.54. The maximum atomic E-state index is 10.9. The summed E-state index contributed by atoms with van der Waals surface area (Å²) in [5.74, 6) is -0.448. The first-order valence-electron chi connectivity index (χ1n) is 3.34. The van der Waals surface area contributed by atoms with Crippen molar-refractivity contribution in [1.29, 1.82) is 0 Å². The molecule has 0 aliphatic carbocycles. The van der Waals surface area contributed by atoms with E-state index in [2.05, 4.69) is 11.3 Å². The van der Waals surface area contributed by atoms with Gasteiger partial charge in [-0.25, -0.2) is 4.79 Å². The van der Waals surface area contributed by atoms with Crippen LogP contribution in [-0.2, 0) is 9.53 Å². The molecule has 1 N–H and O–H groups in total. The second-order valence-corrected chi connectivity index (χ2v) is 1.86. The third-order valence-electron chi connectivity index (χ3n) is 1.18. The van der Waals surface area contributed by atoms with Crippen LogP contribution in [0.3, 0.4) is 0 Å². The van der Waals surface area contributed by atoms with Gasteiger partial charge in [-0.3, -0.25) is 0 Å². The van der Waals surface area contributed by atoms with E-state index in [1.807, 2.05) is 0 Å². The second-order valence-electron chi connectivity index (χ2n) is 1.86. The minimum atomic E-state index is -0.448. The zero-order valence-corrected chi connectivity index (χ0v) is 6.54. The van der Waals surface area contributed by atoms with Gasteiger partial charge in [-0.2, -0.15) is 0 Å². The lowest BCUT2D eigenvalue weighted by Crippen LogP contribution is -2.05. The first-order valence-corrected chi connectivity index (χ1v) is 3.34. The molecule has 11 heavy (non-hydrogen) atoms. The van der Waals surface area contributed by atoms with Crippen molar-refractivity contribution < 1.29 is 14.6 Å². The van der Waals surface area contributed by atoms with Gasteiger partial charge in [0.25, 0.3) is 0 Å². The van der Waals surface area contributed by atoms with Gasteiger partial charge in [0.2, 0.25) is 0 Å². The van der Waals surface area contributed by atoms with E-state index in [0.29, 0.717) is 12.0 Å². The molecule has 0 radical (unpaired) electrons. The molecule has 0 unspecified atom stereocenters. The largest absolute Gasteiger partial charge is 0.432 e. The Morgan fingerprint density at radius 2 is 2.36 bits per heavy atom. The molecular formula is C8H12O3. The van der Waals surface area contributed by atoms with E-state index in [0.717, 1.165) is 6.26 Å². The number of hydrogen-bond donors (Lipinski definition) is 1. The average molecular weight is 156 g/mol. The van der Waals surface area contributed by atoms with Gasteiger partial charge >= 0.3 is 5.97 Å². The number of aliphatic hydroxyl groups is 1. The molecule has 0 rings (SSSR count). The quantitative estimate of drug-likeness (QED) is 0.375. The second kappa shape index (κ2) is 5.68. The fraction of sp³-hybridized carbons (Fsp3) is 0.375. The SMILES string of the molecule is C=COC(=O)C(=CC)CCO. The Kier molecular flexibility index (Phi) is 5.11. The summed E-state index contributed by atoms with van der Waals surface area (Å²) in [5.41, 5.74) is 0.465. The molecule has 0 aromatic rings. The number of esters is 1. The van der Waals surface area contributed by atoms with E-state index in [9.17, 15) is 4.79 Å². The van der Waals surface area contributed by atoms with E-state index in [4.69, 9.17) is 5.11 Å². The van der Waals surface area contributed by atoms with Crippen LogP contribution >= 0.6 is 0 Å². The Balaban J connectivity index is 4.04. The highest BCUT2D eigenvalue weighted by atomic mass is 16.5. The smallest absolute Gasteiger partial charge is 0.338 e. The van der Waals surface area contributed by atoms with Crippen LogP contribution in [0.4, 0.5) is 0 Å². The molecule has 3 heteroatoms. The molecule has 0 aliphatic rings. The first-order chi connectivity index (χ1) is 5.26. The molecule has 0 aromatic carbocycles. The number of aliphatic hydroxyl groups excluding tert-OH is 1.